The molecule has 0 radical (unpaired) electrons. The van der Waals surface area contributed by atoms with Gasteiger partial charge in [0.2, 0.25) is 5.91 Å². The topological polar surface area (TPSA) is 41.1 Å². The zero-order valence-electron chi connectivity index (χ0n) is 11.0. The molecule has 1 aliphatic heterocycles. The molecular weight excluding hydrogens is 276 g/mol. The summed E-state index contributed by atoms with van der Waals surface area (Å²) in [7, 11) is 0. The smallest absolute Gasteiger partial charge is 0.221 e. The first-order valence-corrected chi connectivity index (χ1v) is 8.96. The van der Waals surface area contributed by atoms with Gasteiger partial charge in [0.05, 0.1) is 6.54 Å². The van der Waals surface area contributed by atoms with Crippen LogP contribution < -0.4 is 10.6 Å². The molecule has 0 saturated carbocycles. The maximum Gasteiger partial charge on any atom is 0.221 e. The van der Waals surface area contributed by atoms with Crippen LogP contribution in [0, 0.1) is 0 Å². The molecule has 3 nitrogen and oxygen atoms in total. The molecule has 1 aliphatic carbocycles. The van der Waals surface area contributed by atoms with E-state index in [1.165, 1.54) is 40.3 Å². The fraction of sp³-hybridized carbons (Fsp3) is 0.643. The van der Waals surface area contributed by atoms with Crippen LogP contribution in [0.15, 0.2) is 6.07 Å². The zero-order valence-corrected chi connectivity index (χ0v) is 12.7. The van der Waals surface area contributed by atoms with E-state index in [1.807, 2.05) is 23.1 Å². The number of carbonyl (C=O) groups is 1. The molecule has 2 heterocycles. The molecule has 1 unspecified atom stereocenters. The van der Waals surface area contributed by atoms with E-state index in [0.29, 0.717) is 19.0 Å². The van der Waals surface area contributed by atoms with Crippen LogP contribution in [0.3, 0.4) is 0 Å². The lowest BCUT2D eigenvalue weighted by Crippen LogP contribution is -2.41. The fourth-order valence-corrected chi connectivity index (χ4v) is 4.86. The normalized spacial score (nSPS) is 22.2. The Balaban J connectivity index is 1.44. The molecule has 104 valence electrons. The third-order valence-corrected chi connectivity index (χ3v) is 6.06. The molecule has 1 aromatic rings. The molecule has 1 saturated heterocycles. The predicted octanol–water partition coefficient (Wildman–Crippen LogP) is 1.95. The molecule has 2 N–H and O–H groups in total. The third kappa shape index (κ3) is 3.52. The second kappa shape index (κ2) is 6.29. The third-order valence-electron chi connectivity index (χ3n) is 3.69. The maximum atomic E-state index is 11.9. The van der Waals surface area contributed by atoms with Gasteiger partial charge in [-0.05, 0) is 30.9 Å². The molecule has 2 aliphatic rings. The van der Waals surface area contributed by atoms with E-state index in [4.69, 9.17) is 0 Å². The minimum atomic E-state index is 0.175. The fourth-order valence-electron chi connectivity index (χ4n) is 2.71. The Morgan fingerprint density at radius 1 is 1.47 bits per heavy atom. The Hall–Kier alpha value is -0.520. The van der Waals surface area contributed by atoms with Crippen LogP contribution in [0.2, 0.25) is 0 Å². The number of nitrogens with one attached hydrogen (secondary N) is 2. The molecule has 19 heavy (non-hydrogen) atoms. The number of aryl methyl sites for hydroxylation is 2. The van der Waals surface area contributed by atoms with E-state index in [1.54, 1.807) is 0 Å². The Labute approximate surface area is 122 Å². The highest BCUT2D eigenvalue weighted by Crippen LogP contribution is 2.30. The molecule has 1 aromatic heterocycles. The largest absolute Gasteiger partial charge is 0.351 e. The lowest BCUT2D eigenvalue weighted by Gasteiger charge is -2.22. The molecule has 1 atom stereocenters. The van der Waals surface area contributed by atoms with Gasteiger partial charge in [-0.3, -0.25) is 4.79 Å². The number of carbonyl (C=O) groups excluding carboxylic acids is 1. The van der Waals surface area contributed by atoms with Crippen LogP contribution in [-0.2, 0) is 24.2 Å². The summed E-state index contributed by atoms with van der Waals surface area (Å²) in [6, 6.07) is 2.63. The zero-order chi connectivity index (χ0) is 13.1. The summed E-state index contributed by atoms with van der Waals surface area (Å²) >= 11 is 3.81. The molecular formula is C14H20N2OS2. The number of hydrogen-bond donors (Lipinski definition) is 2. The number of fused-ring (bicyclic) bond motifs is 1. The van der Waals surface area contributed by atoms with Crippen molar-refractivity contribution in [1.29, 1.82) is 0 Å². The first-order valence-electron chi connectivity index (χ1n) is 6.99. The average molecular weight is 296 g/mol. The summed E-state index contributed by atoms with van der Waals surface area (Å²) < 4.78 is 0. The molecule has 0 aromatic carbocycles. The van der Waals surface area contributed by atoms with Crippen molar-refractivity contribution >= 4 is 29.0 Å². The molecule has 0 bridgehead atoms. The van der Waals surface area contributed by atoms with Crippen molar-refractivity contribution < 1.29 is 4.79 Å². The number of hydrogen-bond acceptors (Lipinski definition) is 4. The summed E-state index contributed by atoms with van der Waals surface area (Å²) in [5.41, 5.74) is 1.51. The summed E-state index contributed by atoms with van der Waals surface area (Å²) in [6.07, 6.45) is 4.37. The van der Waals surface area contributed by atoms with Gasteiger partial charge in [-0.15, -0.1) is 11.3 Å². The van der Waals surface area contributed by atoms with E-state index in [0.717, 1.165) is 12.3 Å². The predicted molar refractivity (Wildman–Crippen MR) is 81.9 cm³/mol. The average Bonchev–Trinajstić information content (AvgIpc) is 2.98. The second-order valence-corrected chi connectivity index (χ2v) is 7.59. The summed E-state index contributed by atoms with van der Waals surface area (Å²) in [5, 5.41) is 6.46. The van der Waals surface area contributed by atoms with Crippen molar-refractivity contribution in [1.82, 2.24) is 10.6 Å². The highest BCUT2D eigenvalue weighted by Gasteiger charge is 2.18. The van der Waals surface area contributed by atoms with E-state index < -0.39 is 0 Å². The van der Waals surface area contributed by atoms with Gasteiger partial charge in [0.25, 0.3) is 0 Å². The maximum absolute atomic E-state index is 11.9. The van der Waals surface area contributed by atoms with Crippen molar-refractivity contribution in [2.24, 2.45) is 0 Å². The summed E-state index contributed by atoms with van der Waals surface area (Å²) in [4.78, 5) is 14.8. The lowest BCUT2D eigenvalue weighted by molar-refractivity contribution is -0.121. The van der Waals surface area contributed by atoms with Gasteiger partial charge in [-0.1, -0.05) is 0 Å². The van der Waals surface area contributed by atoms with Crippen molar-refractivity contribution in [2.75, 3.05) is 18.1 Å². The molecule has 5 heteroatoms. The monoisotopic (exact) mass is 296 g/mol. The molecule has 1 fully saturated rings. The lowest BCUT2D eigenvalue weighted by atomic mass is 10.2. The van der Waals surface area contributed by atoms with Gasteiger partial charge < -0.3 is 10.6 Å². The summed E-state index contributed by atoms with van der Waals surface area (Å²) in [6.45, 7) is 1.73. The quantitative estimate of drug-likeness (QED) is 0.892. The van der Waals surface area contributed by atoms with Crippen molar-refractivity contribution in [3.63, 3.8) is 0 Å². The van der Waals surface area contributed by atoms with Gasteiger partial charge in [-0.25, -0.2) is 0 Å². The van der Waals surface area contributed by atoms with E-state index in [-0.39, 0.29) is 5.91 Å². The van der Waals surface area contributed by atoms with Crippen LogP contribution in [0.4, 0.5) is 0 Å². The van der Waals surface area contributed by atoms with Crippen LogP contribution in [-0.4, -0.2) is 30.0 Å². The van der Waals surface area contributed by atoms with E-state index in [9.17, 15) is 4.79 Å². The number of thioether (sulfide) groups is 1. The van der Waals surface area contributed by atoms with Crippen LogP contribution in [0.25, 0.3) is 0 Å². The first-order chi connectivity index (χ1) is 9.31. The van der Waals surface area contributed by atoms with Crippen LogP contribution in [0.5, 0.6) is 0 Å². The van der Waals surface area contributed by atoms with Gasteiger partial charge in [-0.2, -0.15) is 11.8 Å². The molecule has 1 amide bonds. The highest BCUT2D eigenvalue weighted by atomic mass is 32.2. The van der Waals surface area contributed by atoms with Crippen LogP contribution in [0.1, 0.15) is 28.2 Å². The molecule has 0 spiro atoms. The van der Waals surface area contributed by atoms with E-state index >= 15 is 0 Å². The number of thiophene rings is 1. The highest BCUT2D eigenvalue weighted by molar-refractivity contribution is 7.99. The Kier molecular flexibility index (Phi) is 4.45. The Morgan fingerprint density at radius 2 is 2.42 bits per heavy atom. The minimum Gasteiger partial charge on any atom is -0.351 e. The number of rotatable bonds is 4. The number of amides is 1. The van der Waals surface area contributed by atoms with Crippen LogP contribution >= 0.6 is 23.1 Å². The Bertz CT molecular complexity index is 431. The SMILES string of the molecule is O=C(CC1CSCCN1)NCc1cc2c(s1)CCC2. The van der Waals surface area contributed by atoms with E-state index in [2.05, 4.69) is 16.7 Å². The minimum absolute atomic E-state index is 0.175. The van der Waals surface area contributed by atoms with Crippen molar-refractivity contribution in [3.05, 3.63) is 21.4 Å². The van der Waals surface area contributed by atoms with Gasteiger partial charge in [0, 0.05) is 40.3 Å². The standard InChI is InChI=1S/C14H20N2OS2/c17-14(7-11-9-18-5-4-15-11)16-8-12-6-10-2-1-3-13(10)19-12/h6,11,15H,1-5,7-9H2,(H,16,17). The van der Waals surface area contributed by atoms with Crippen molar-refractivity contribution in [2.45, 2.75) is 38.3 Å². The van der Waals surface area contributed by atoms with Crippen molar-refractivity contribution in [3.8, 4) is 0 Å². The first kappa shape index (κ1) is 13.5. The summed E-state index contributed by atoms with van der Waals surface area (Å²) in [5.74, 6) is 2.40. The van der Waals surface area contributed by atoms with Gasteiger partial charge >= 0.3 is 0 Å². The Morgan fingerprint density at radius 3 is 3.21 bits per heavy atom. The second-order valence-electron chi connectivity index (χ2n) is 5.22. The van der Waals surface area contributed by atoms with Gasteiger partial charge in [0.1, 0.15) is 0 Å². The molecule has 3 rings (SSSR count). The van der Waals surface area contributed by atoms with Gasteiger partial charge in [0.15, 0.2) is 0 Å².